The molecular formula is C24H25F3N4O2. The Morgan fingerprint density at radius 3 is 2.24 bits per heavy atom. The van der Waals surface area contributed by atoms with Gasteiger partial charge in [-0.25, -0.2) is 4.68 Å². The largest absolute Gasteiger partial charge is 0.497 e. The lowest BCUT2D eigenvalue weighted by molar-refractivity contribution is -0.143. The number of carbonyl (C=O) groups is 1. The van der Waals surface area contributed by atoms with Gasteiger partial charge in [0, 0.05) is 31.9 Å². The summed E-state index contributed by atoms with van der Waals surface area (Å²) >= 11 is 0. The number of halogens is 3. The van der Waals surface area contributed by atoms with E-state index in [1.807, 2.05) is 31.2 Å². The predicted octanol–water partition coefficient (Wildman–Crippen LogP) is 4.56. The minimum atomic E-state index is -4.73. The van der Waals surface area contributed by atoms with Crippen LogP contribution in [0.25, 0.3) is 5.69 Å². The van der Waals surface area contributed by atoms with E-state index in [1.54, 1.807) is 31.4 Å². The number of rotatable bonds is 4. The van der Waals surface area contributed by atoms with Gasteiger partial charge in [-0.2, -0.15) is 18.3 Å². The Kier molecular flexibility index (Phi) is 6.31. The highest BCUT2D eigenvalue weighted by Crippen LogP contribution is 2.34. The van der Waals surface area contributed by atoms with E-state index in [0.717, 1.165) is 27.9 Å². The van der Waals surface area contributed by atoms with E-state index in [-0.39, 0.29) is 5.69 Å². The first-order valence-electron chi connectivity index (χ1n) is 10.7. The number of alkyl halides is 3. The van der Waals surface area contributed by atoms with Gasteiger partial charge in [-0.3, -0.25) is 4.79 Å². The van der Waals surface area contributed by atoms with Gasteiger partial charge >= 0.3 is 6.18 Å². The van der Waals surface area contributed by atoms with Crippen LogP contribution in [-0.2, 0) is 6.18 Å². The number of benzene rings is 2. The lowest BCUT2D eigenvalue weighted by atomic mass is 10.2. The molecule has 9 heteroatoms. The second-order valence-electron chi connectivity index (χ2n) is 7.98. The van der Waals surface area contributed by atoms with Gasteiger partial charge < -0.3 is 14.5 Å². The van der Waals surface area contributed by atoms with Crippen LogP contribution >= 0.6 is 0 Å². The van der Waals surface area contributed by atoms with Crippen molar-refractivity contribution in [3.63, 3.8) is 0 Å². The van der Waals surface area contributed by atoms with Crippen molar-refractivity contribution in [3.05, 3.63) is 71.5 Å². The fraction of sp³-hybridized carbons (Fsp3) is 0.333. The zero-order valence-electron chi connectivity index (χ0n) is 18.5. The fourth-order valence-corrected chi connectivity index (χ4v) is 4.00. The minimum absolute atomic E-state index is 0.258. The third kappa shape index (κ3) is 4.81. The molecule has 1 aliphatic rings. The first kappa shape index (κ1) is 22.7. The number of aromatic nitrogens is 2. The standard InChI is InChI=1S/C24H25F3N4O2/c1-17-4-6-19(7-5-17)31-22(24(25,26)27)21(16-28-31)23(32)30-13-3-12-29(14-15-30)18-8-10-20(33-2)11-9-18/h4-11,16H,3,12-15H2,1-2H3. The Labute approximate surface area is 190 Å². The predicted molar refractivity (Wildman–Crippen MR) is 119 cm³/mol. The number of amides is 1. The van der Waals surface area contributed by atoms with Crippen molar-refractivity contribution in [2.45, 2.75) is 19.5 Å². The number of nitrogens with zero attached hydrogens (tertiary/aromatic N) is 4. The van der Waals surface area contributed by atoms with E-state index in [0.29, 0.717) is 32.6 Å². The quantitative estimate of drug-likeness (QED) is 0.575. The van der Waals surface area contributed by atoms with Crippen LogP contribution in [0.1, 0.15) is 28.0 Å². The molecule has 0 bridgehead atoms. The molecule has 3 aromatic rings. The summed E-state index contributed by atoms with van der Waals surface area (Å²) in [6, 6.07) is 14.1. The van der Waals surface area contributed by atoms with E-state index in [4.69, 9.17) is 4.74 Å². The average molecular weight is 458 g/mol. The van der Waals surface area contributed by atoms with Crippen molar-refractivity contribution in [1.82, 2.24) is 14.7 Å². The molecule has 0 radical (unpaired) electrons. The average Bonchev–Trinajstić information content (AvgIpc) is 3.11. The number of anilines is 1. The Balaban J connectivity index is 1.57. The zero-order chi connectivity index (χ0) is 23.6. The number of methoxy groups -OCH3 is 1. The Morgan fingerprint density at radius 2 is 1.61 bits per heavy atom. The highest BCUT2D eigenvalue weighted by Gasteiger charge is 2.41. The third-order valence-corrected chi connectivity index (χ3v) is 5.77. The van der Waals surface area contributed by atoms with Crippen LogP contribution in [0.4, 0.5) is 18.9 Å². The van der Waals surface area contributed by atoms with Crippen LogP contribution in [0.2, 0.25) is 0 Å². The summed E-state index contributed by atoms with van der Waals surface area (Å²) in [7, 11) is 1.60. The van der Waals surface area contributed by atoms with Gasteiger partial charge in [0.05, 0.1) is 24.6 Å². The minimum Gasteiger partial charge on any atom is -0.497 e. The third-order valence-electron chi connectivity index (χ3n) is 5.77. The molecule has 1 aromatic heterocycles. The van der Waals surface area contributed by atoms with E-state index in [2.05, 4.69) is 10.00 Å². The van der Waals surface area contributed by atoms with Gasteiger partial charge in [0.1, 0.15) is 5.75 Å². The molecule has 0 spiro atoms. The molecule has 1 fully saturated rings. The molecule has 0 unspecified atom stereocenters. The molecule has 2 heterocycles. The van der Waals surface area contributed by atoms with Crippen molar-refractivity contribution < 1.29 is 22.7 Å². The van der Waals surface area contributed by atoms with Gasteiger partial charge in [-0.15, -0.1) is 0 Å². The number of hydrogen-bond donors (Lipinski definition) is 0. The molecular weight excluding hydrogens is 433 g/mol. The maximum Gasteiger partial charge on any atom is 0.434 e. The molecule has 0 N–H and O–H groups in total. The zero-order valence-corrected chi connectivity index (χ0v) is 18.5. The normalized spacial score (nSPS) is 14.8. The fourth-order valence-electron chi connectivity index (χ4n) is 4.00. The molecule has 0 atom stereocenters. The summed E-state index contributed by atoms with van der Waals surface area (Å²) in [6.45, 7) is 3.76. The lowest BCUT2D eigenvalue weighted by Gasteiger charge is -2.24. The van der Waals surface area contributed by atoms with E-state index in [1.165, 1.54) is 4.90 Å². The monoisotopic (exact) mass is 458 g/mol. The second-order valence-corrected chi connectivity index (χ2v) is 7.98. The van der Waals surface area contributed by atoms with Crippen molar-refractivity contribution in [1.29, 1.82) is 0 Å². The van der Waals surface area contributed by atoms with Crippen LogP contribution in [0.5, 0.6) is 5.75 Å². The maximum atomic E-state index is 14.0. The second kappa shape index (κ2) is 9.17. The number of aryl methyl sites for hydroxylation is 1. The molecule has 33 heavy (non-hydrogen) atoms. The first-order valence-corrected chi connectivity index (χ1v) is 10.7. The highest BCUT2D eigenvalue weighted by molar-refractivity contribution is 5.95. The Morgan fingerprint density at radius 1 is 0.939 bits per heavy atom. The van der Waals surface area contributed by atoms with Gasteiger partial charge in [0.2, 0.25) is 0 Å². The molecule has 2 aromatic carbocycles. The number of hydrogen-bond acceptors (Lipinski definition) is 4. The van der Waals surface area contributed by atoms with Crippen LogP contribution in [0.3, 0.4) is 0 Å². The maximum absolute atomic E-state index is 14.0. The molecule has 4 rings (SSSR count). The molecule has 1 amide bonds. The van der Waals surface area contributed by atoms with Gasteiger partial charge in [-0.1, -0.05) is 17.7 Å². The number of carbonyl (C=O) groups excluding carboxylic acids is 1. The van der Waals surface area contributed by atoms with Crippen LogP contribution < -0.4 is 9.64 Å². The van der Waals surface area contributed by atoms with Crippen molar-refractivity contribution >= 4 is 11.6 Å². The summed E-state index contributed by atoms with van der Waals surface area (Å²) < 4.78 is 48.0. The van der Waals surface area contributed by atoms with Gasteiger partial charge in [0.25, 0.3) is 5.91 Å². The molecule has 1 saturated heterocycles. The molecule has 174 valence electrons. The van der Waals surface area contributed by atoms with Crippen molar-refractivity contribution in [2.24, 2.45) is 0 Å². The summed E-state index contributed by atoms with van der Waals surface area (Å²) in [5.74, 6) is 0.0907. The topological polar surface area (TPSA) is 50.6 Å². The SMILES string of the molecule is COc1ccc(N2CCCN(C(=O)c3cnn(-c4ccc(C)cc4)c3C(F)(F)F)CC2)cc1. The Bertz CT molecular complexity index is 1110. The van der Waals surface area contributed by atoms with E-state index < -0.39 is 23.3 Å². The molecule has 0 aliphatic carbocycles. The summed E-state index contributed by atoms with van der Waals surface area (Å²) in [5, 5.41) is 3.93. The van der Waals surface area contributed by atoms with Gasteiger partial charge in [0.15, 0.2) is 5.69 Å². The van der Waals surface area contributed by atoms with Crippen molar-refractivity contribution in [3.8, 4) is 11.4 Å². The Hall–Kier alpha value is -3.49. The number of ether oxygens (including phenoxy) is 1. The van der Waals surface area contributed by atoms with Crippen LogP contribution in [0, 0.1) is 6.92 Å². The van der Waals surface area contributed by atoms with Crippen molar-refractivity contribution in [2.75, 3.05) is 38.2 Å². The van der Waals surface area contributed by atoms with E-state index >= 15 is 0 Å². The first-order chi connectivity index (χ1) is 15.8. The highest BCUT2D eigenvalue weighted by atomic mass is 19.4. The summed E-state index contributed by atoms with van der Waals surface area (Å²) in [5.41, 5.74) is 0.678. The summed E-state index contributed by atoms with van der Waals surface area (Å²) in [6.07, 6.45) is -3.06. The van der Waals surface area contributed by atoms with E-state index in [9.17, 15) is 18.0 Å². The molecule has 0 saturated carbocycles. The lowest BCUT2D eigenvalue weighted by Crippen LogP contribution is -2.36. The smallest absolute Gasteiger partial charge is 0.434 e. The molecule has 6 nitrogen and oxygen atoms in total. The van der Waals surface area contributed by atoms with Gasteiger partial charge in [-0.05, 0) is 49.7 Å². The van der Waals surface area contributed by atoms with Crippen LogP contribution in [0.15, 0.2) is 54.7 Å². The van der Waals surface area contributed by atoms with Crippen LogP contribution in [-0.4, -0.2) is 53.9 Å². The summed E-state index contributed by atoms with van der Waals surface area (Å²) in [4.78, 5) is 16.8. The molecule has 1 aliphatic heterocycles.